The maximum atomic E-state index is 3.67. The van der Waals surface area contributed by atoms with Crippen molar-refractivity contribution < 1.29 is 23.3 Å². The Bertz CT molecular complexity index is 961. The molecule has 0 aliphatic heterocycles. The van der Waals surface area contributed by atoms with Gasteiger partial charge in [-0.1, -0.05) is 104 Å². The second-order valence-corrected chi connectivity index (χ2v) is 13.2. The van der Waals surface area contributed by atoms with Crippen molar-refractivity contribution in [3.05, 3.63) is 95.8 Å². The molecule has 2 radical (unpaired) electrons. The van der Waals surface area contributed by atoms with Gasteiger partial charge < -0.3 is 12.8 Å². The van der Waals surface area contributed by atoms with Gasteiger partial charge in [0.2, 0.25) is 0 Å². The number of hydrogen-bond acceptors (Lipinski definition) is 0. The summed E-state index contributed by atoms with van der Waals surface area (Å²) in [5.74, 6) is 0. The van der Waals surface area contributed by atoms with Crippen molar-refractivity contribution >= 4 is 31.7 Å². The molecule has 0 atom stereocenters. The van der Waals surface area contributed by atoms with Gasteiger partial charge in [-0.25, -0.2) is 12.2 Å². The topological polar surface area (TPSA) is 0 Å². The van der Waals surface area contributed by atoms with Crippen molar-refractivity contribution in [1.82, 2.24) is 0 Å². The van der Waals surface area contributed by atoms with Crippen LogP contribution in [-0.2, 0) is 40.6 Å². The quantitative estimate of drug-likeness (QED) is 0.162. The molecule has 0 amide bonds. The van der Waals surface area contributed by atoms with Crippen molar-refractivity contribution in [1.29, 1.82) is 0 Å². The normalized spacial score (nSPS) is 16.0. The van der Waals surface area contributed by atoms with Crippen molar-refractivity contribution in [3.63, 3.8) is 0 Å². The first-order valence-electron chi connectivity index (χ1n) is 15.5. The second kappa shape index (κ2) is 22.2. The van der Waals surface area contributed by atoms with Crippen LogP contribution in [-0.4, -0.2) is 6.88 Å². The Labute approximate surface area is 289 Å². The van der Waals surface area contributed by atoms with Gasteiger partial charge in [-0.05, 0) is 28.4 Å². The Morgan fingerprint density at radius 3 is 1.62 bits per heavy atom. The molecule has 0 saturated heterocycles. The standard InChI is InChI=1S/C21H25.2C6H11.C5H5.2ClH.Si.Zr/c1-20(2,3)16-7-9-18-14(12-16)11-15-13-17(21(4,5)6)8-10-19(15)18;2*1-2-4-6-5-3-1;1-2-4-5-3-1;;;;/h7-10,12H,11H2,1-6H3;2*1H,2-6H2;1-3H,4H2;2*1H;;/q4*-1;;;;. The number of rotatable bonds is 0. The third-order valence-electron chi connectivity index (χ3n) is 7.68. The van der Waals surface area contributed by atoms with E-state index in [2.05, 4.69) is 110 Å². The Kier molecular flexibility index (Phi) is 21.9. The average molecular weight is 701 g/mol. The molecule has 2 aromatic rings. The molecule has 0 heterocycles. The van der Waals surface area contributed by atoms with E-state index < -0.39 is 0 Å². The predicted molar refractivity (Wildman–Crippen MR) is 188 cm³/mol. The summed E-state index contributed by atoms with van der Waals surface area (Å²) in [5, 5.41) is 0. The van der Waals surface area contributed by atoms with E-state index in [1.54, 1.807) is 0 Å². The van der Waals surface area contributed by atoms with E-state index in [-0.39, 0.29) is 35.6 Å². The number of fused-ring (bicyclic) bond motifs is 3. The van der Waals surface area contributed by atoms with Gasteiger partial charge in [-0.15, -0.1) is 42.4 Å². The Morgan fingerprint density at radius 1 is 0.714 bits per heavy atom. The molecule has 2 aromatic carbocycles. The summed E-state index contributed by atoms with van der Waals surface area (Å²) >= 11 is 1.36. The number of allylic oxidation sites excluding steroid dienone is 4. The van der Waals surface area contributed by atoms with Crippen LogP contribution in [0.3, 0.4) is 0 Å². The van der Waals surface area contributed by atoms with Crippen molar-refractivity contribution in [2.75, 3.05) is 0 Å². The molecule has 232 valence electrons. The van der Waals surface area contributed by atoms with Gasteiger partial charge in [0.1, 0.15) is 0 Å². The summed E-state index contributed by atoms with van der Waals surface area (Å²) in [6.45, 7) is 16.7. The van der Waals surface area contributed by atoms with Crippen LogP contribution in [0, 0.1) is 25.0 Å². The summed E-state index contributed by atoms with van der Waals surface area (Å²) in [6, 6.07) is 15.2. The fourth-order valence-corrected chi connectivity index (χ4v) is 5.16. The summed E-state index contributed by atoms with van der Waals surface area (Å²) in [4.78, 5) is 0. The molecule has 0 aromatic heterocycles. The second-order valence-electron chi connectivity index (χ2n) is 13.2. The maximum absolute atomic E-state index is 3.67. The molecule has 0 unspecified atom stereocenters. The van der Waals surface area contributed by atoms with Gasteiger partial charge in [0, 0.05) is 0 Å². The van der Waals surface area contributed by atoms with Gasteiger partial charge in [0.15, 0.2) is 0 Å². The van der Waals surface area contributed by atoms with E-state index in [9.17, 15) is 0 Å². The van der Waals surface area contributed by atoms with Crippen molar-refractivity contribution in [2.24, 2.45) is 0 Å². The van der Waals surface area contributed by atoms with Crippen LogP contribution in [0.15, 0.2) is 48.6 Å². The summed E-state index contributed by atoms with van der Waals surface area (Å²) in [7, 11) is 0. The zero-order valence-corrected chi connectivity index (χ0v) is 32.2. The van der Waals surface area contributed by atoms with Gasteiger partial charge in [-0.3, -0.25) is 6.08 Å². The predicted octanol–water partition coefficient (Wildman–Crippen LogP) is 11.7. The zero-order chi connectivity index (χ0) is 29.4. The SMILES string of the molecule is CC(C)(C)c1[c-]c2c(cc1)-c1ccc(C(C)(C)C)cc1C2.Cl.Cl.[C-]1=CC=CC1.[CH-]1CCCCC1.[CH-]1CCCCC1.[Si]=[Zr]. The fourth-order valence-electron chi connectivity index (χ4n) is 5.16. The summed E-state index contributed by atoms with van der Waals surface area (Å²) in [5.41, 5.74) is 8.70. The first kappa shape index (κ1) is 41.6. The molecule has 4 heteroatoms. The van der Waals surface area contributed by atoms with Crippen LogP contribution in [0.25, 0.3) is 11.1 Å². The first-order valence-corrected chi connectivity index (χ1v) is 19.6. The molecule has 2 saturated carbocycles. The van der Waals surface area contributed by atoms with E-state index in [1.807, 2.05) is 12.2 Å². The molecule has 0 spiro atoms. The number of benzene rings is 2. The van der Waals surface area contributed by atoms with Gasteiger partial charge in [-0.2, -0.15) is 55.5 Å². The fraction of sp³-hybridized carbons (Fsp3) is 0.526. The van der Waals surface area contributed by atoms with E-state index >= 15 is 0 Å². The molecule has 0 N–H and O–H groups in total. The summed E-state index contributed by atoms with van der Waals surface area (Å²) in [6.07, 6.45) is 30.0. The average Bonchev–Trinajstić information content (AvgIpc) is 3.67. The number of halogens is 2. The molecule has 6 rings (SSSR count). The monoisotopic (exact) mass is 698 g/mol. The summed E-state index contributed by atoms with van der Waals surface area (Å²) < 4.78 is 0. The van der Waals surface area contributed by atoms with Crippen LogP contribution in [0.5, 0.6) is 0 Å². The molecule has 4 aliphatic rings. The molecule has 0 bridgehead atoms. The third kappa shape index (κ3) is 15.1. The molecule has 2 fully saturated rings. The zero-order valence-electron chi connectivity index (χ0n) is 27.1. The third-order valence-corrected chi connectivity index (χ3v) is 7.68. The van der Waals surface area contributed by atoms with Crippen LogP contribution in [0.1, 0.15) is 134 Å². The minimum atomic E-state index is 0. The van der Waals surface area contributed by atoms with Crippen LogP contribution in [0.4, 0.5) is 0 Å². The van der Waals surface area contributed by atoms with Crippen LogP contribution < -0.4 is 0 Å². The number of hydrogen-bond donors (Lipinski definition) is 0. The van der Waals surface area contributed by atoms with Crippen LogP contribution >= 0.6 is 24.8 Å². The molecular formula is C38H54Cl2SiZr-4. The van der Waals surface area contributed by atoms with E-state index in [0.29, 0.717) is 0 Å². The van der Waals surface area contributed by atoms with E-state index in [4.69, 9.17) is 0 Å². The van der Waals surface area contributed by atoms with Crippen molar-refractivity contribution in [2.45, 2.75) is 129 Å². The molecule has 4 aliphatic carbocycles. The molecular weight excluding hydrogens is 647 g/mol. The first-order chi connectivity index (χ1) is 19.2. The molecule has 42 heavy (non-hydrogen) atoms. The molecule has 0 nitrogen and oxygen atoms in total. The Morgan fingerprint density at radius 2 is 1.26 bits per heavy atom. The van der Waals surface area contributed by atoms with Crippen molar-refractivity contribution in [3.8, 4) is 11.1 Å². The van der Waals surface area contributed by atoms with Gasteiger partial charge in [0.25, 0.3) is 0 Å². The van der Waals surface area contributed by atoms with Gasteiger partial charge >= 0.3 is 30.2 Å². The Balaban J connectivity index is 0.000000651. The minimum absolute atomic E-state index is 0. The van der Waals surface area contributed by atoms with Gasteiger partial charge in [0.05, 0.1) is 0 Å². The van der Waals surface area contributed by atoms with E-state index in [1.165, 1.54) is 121 Å². The van der Waals surface area contributed by atoms with E-state index in [0.717, 1.165) is 12.8 Å². The van der Waals surface area contributed by atoms with Crippen LogP contribution in [0.2, 0.25) is 0 Å². The Hall–Kier alpha value is -0.400.